The van der Waals surface area contributed by atoms with Crippen LogP contribution in [0.4, 0.5) is 5.69 Å². The molecule has 13 heavy (non-hydrogen) atoms. The highest BCUT2D eigenvalue weighted by Gasteiger charge is 1.98. The molecule has 3 nitrogen and oxygen atoms in total. The summed E-state index contributed by atoms with van der Waals surface area (Å²) in [5.41, 5.74) is 6.93. The Kier molecular flexibility index (Phi) is 1.60. The fourth-order valence-corrected chi connectivity index (χ4v) is 1.26. The van der Waals surface area contributed by atoms with E-state index in [-0.39, 0.29) is 0 Å². The third-order valence-corrected chi connectivity index (χ3v) is 1.92. The number of benzene rings is 1. The van der Waals surface area contributed by atoms with Gasteiger partial charge >= 0.3 is 0 Å². The predicted molar refractivity (Wildman–Crippen MR) is 50.9 cm³/mol. The first-order chi connectivity index (χ1) is 6.31. The molecular formula is C10H7N3. The van der Waals surface area contributed by atoms with Gasteiger partial charge in [-0.15, -0.1) is 0 Å². The van der Waals surface area contributed by atoms with Crippen LogP contribution in [0.3, 0.4) is 0 Å². The van der Waals surface area contributed by atoms with E-state index in [4.69, 9.17) is 11.0 Å². The van der Waals surface area contributed by atoms with Gasteiger partial charge in [0.1, 0.15) is 0 Å². The first kappa shape index (κ1) is 7.56. The summed E-state index contributed by atoms with van der Waals surface area (Å²) in [5.74, 6) is 0. The maximum absolute atomic E-state index is 8.68. The smallest absolute Gasteiger partial charge is 0.0991 e. The lowest BCUT2D eigenvalue weighted by Gasteiger charge is -2.00. The molecule has 0 aliphatic rings. The van der Waals surface area contributed by atoms with Crippen LogP contribution < -0.4 is 5.73 Å². The van der Waals surface area contributed by atoms with Gasteiger partial charge in [0, 0.05) is 17.0 Å². The zero-order valence-electron chi connectivity index (χ0n) is 6.86. The molecule has 0 aliphatic heterocycles. The summed E-state index contributed by atoms with van der Waals surface area (Å²) in [6.45, 7) is 0. The minimum absolute atomic E-state index is 0.606. The number of hydrogen-bond acceptors (Lipinski definition) is 3. The summed E-state index contributed by atoms with van der Waals surface area (Å²) in [4.78, 5) is 3.96. The van der Waals surface area contributed by atoms with Crippen molar-refractivity contribution in [2.24, 2.45) is 0 Å². The van der Waals surface area contributed by atoms with Gasteiger partial charge in [-0.05, 0) is 12.1 Å². The number of anilines is 1. The molecule has 1 aromatic heterocycles. The molecule has 0 fully saturated rings. The molecule has 0 radical (unpaired) electrons. The Morgan fingerprint density at radius 1 is 1.31 bits per heavy atom. The molecule has 3 heteroatoms. The van der Waals surface area contributed by atoms with Crippen LogP contribution >= 0.6 is 0 Å². The lowest BCUT2D eigenvalue weighted by atomic mass is 10.1. The molecule has 1 heterocycles. The van der Waals surface area contributed by atoms with Crippen LogP contribution in [0.25, 0.3) is 10.8 Å². The highest BCUT2D eigenvalue weighted by molar-refractivity contribution is 5.92. The molecule has 2 aromatic rings. The number of hydrogen-bond donors (Lipinski definition) is 1. The summed E-state index contributed by atoms with van der Waals surface area (Å²) >= 11 is 0. The van der Waals surface area contributed by atoms with E-state index in [1.165, 1.54) is 0 Å². The van der Waals surface area contributed by atoms with Crippen molar-refractivity contribution >= 4 is 16.5 Å². The topological polar surface area (TPSA) is 62.7 Å². The second-order valence-electron chi connectivity index (χ2n) is 2.78. The van der Waals surface area contributed by atoms with Gasteiger partial charge in [0.05, 0.1) is 23.5 Å². The third-order valence-electron chi connectivity index (χ3n) is 1.92. The molecule has 2 N–H and O–H groups in total. The summed E-state index contributed by atoms with van der Waals surface area (Å²) in [6.07, 6.45) is 3.32. The molecule has 62 valence electrons. The monoisotopic (exact) mass is 169 g/mol. The SMILES string of the molecule is N#Cc1ccc2cncc(N)c2c1. The Labute approximate surface area is 75.4 Å². The van der Waals surface area contributed by atoms with Crippen LogP contribution in [0.2, 0.25) is 0 Å². The quantitative estimate of drug-likeness (QED) is 0.652. The molecule has 0 bridgehead atoms. The van der Waals surface area contributed by atoms with Crippen molar-refractivity contribution in [1.82, 2.24) is 4.98 Å². The van der Waals surface area contributed by atoms with Gasteiger partial charge in [-0.25, -0.2) is 0 Å². The van der Waals surface area contributed by atoms with E-state index in [1.54, 1.807) is 24.5 Å². The van der Waals surface area contributed by atoms with Gasteiger partial charge < -0.3 is 5.73 Å². The Bertz CT molecular complexity index is 497. The molecule has 0 atom stereocenters. The van der Waals surface area contributed by atoms with E-state index in [9.17, 15) is 0 Å². The van der Waals surface area contributed by atoms with Crippen LogP contribution in [0, 0.1) is 11.3 Å². The zero-order valence-corrected chi connectivity index (χ0v) is 6.86. The van der Waals surface area contributed by atoms with Crippen molar-refractivity contribution in [1.29, 1.82) is 5.26 Å². The van der Waals surface area contributed by atoms with Gasteiger partial charge in [-0.2, -0.15) is 5.26 Å². The number of nitrogens with two attached hydrogens (primary N) is 1. The van der Waals surface area contributed by atoms with Crippen LogP contribution in [0.5, 0.6) is 0 Å². The maximum Gasteiger partial charge on any atom is 0.0991 e. The van der Waals surface area contributed by atoms with Crippen LogP contribution in [0.15, 0.2) is 30.6 Å². The molecular weight excluding hydrogens is 162 g/mol. The van der Waals surface area contributed by atoms with E-state index in [0.717, 1.165) is 10.8 Å². The van der Waals surface area contributed by atoms with E-state index < -0.39 is 0 Å². The van der Waals surface area contributed by atoms with E-state index >= 15 is 0 Å². The predicted octanol–water partition coefficient (Wildman–Crippen LogP) is 1.69. The second-order valence-corrected chi connectivity index (χ2v) is 2.78. The van der Waals surface area contributed by atoms with Gasteiger partial charge in [0.2, 0.25) is 0 Å². The van der Waals surface area contributed by atoms with Crippen LogP contribution in [-0.2, 0) is 0 Å². The van der Waals surface area contributed by atoms with Crippen LogP contribution in [0.1, 0.15) is 5.56 Å². The van der Waals surface area contributed by atoms with E-state index in [1.807, 2.05) is 6.07 Å². The molecule has 0 spiro atoms. The van der Waals surface area contributed by atoms with Gasteiger partial charge in [0.15, 0.2) is 0 Å². The molecule has 0 saturated carbocycles. The van der Waals surface area contributed by atoms with E-state index in [2.05, 4.69) is 11.1 Å². The average Bonchev–Trinajstić information content (AvgIpc) is 2.18. The largest absolute Gasteiger partial charge is 0.397 e. The Morgan fingerprint density at radius 3 is 2.92 bits per heavy atom. The van der Waals surface area contributed by atoms with Crippen molar-refractivity contribution < 1.29 is 0 Å². The van der Waals surface area contributed by atoms with Crippen molar-refractivity contribution in [3.8, 4) is 6.07 Å². The summed E-state index contributed by atoms with van der Waals surface area (Å²) in [7, 11) is 0. The third kappa shape index (κ3) is 1.18. The van der Waals surface area contributed by atoms with Gasteiger partial charge in [-0.3, -0.25) is 4.98 Å². The fraction of sp³-hybridized carbons (Fsp3) is 0. The highest BCUT2D eigenvalue weighted by Crippen LogP contribution is 2.20. The Balaban J connectivity index is 2.84. The first-order valence-electron chi connectivity index (χ1n) is 3.84. The van der Waals surface area contributed by atoms with E-state index in [0.29, 0.717) is 11.3 Å². The highest BCUT2D eigenvalue weighted by atomic mass is 14.7. The number of nitriles is 1. The molecule has 0 saturated heterocycles. The fourth-order valence-electron chi connectivity index (χ4n) is 1.26. The van der Waals surface area contributed by atoms with Crippen molar-refractivity contribution in [2.75, 3.05) is 5.73 Å². The molecule has 0 unspecified atom stereocenters. The van der Waals surface area contributed by atoms with Crippen LogP contribution in [-0.4, -0.2) is 4.98 Å². The Hall–Kier alpha value is -2.08. The second kappa shape index (κ2) is 2.76. The lowest BCUT2D eigenvalue weighted by Crippen LogP contribution is -1.88. The number of aromatic nitrogens is 1. The van der Waals surface area contributed by atoms with Crippen molar-refractivity contribution in [3.63, 3.8) is 0 Å². The lowest BCUT2D eigenvalue weighted by molar-refractivity contribution is 1.36. The van der Waals surface area contributed by atoms with Gasteiger partial charge in [0.25, 0.3) is 0 Å². The minimum atomic E-state index is 0.606. The number of fused-ring (bicyclic) bond motifs is 1. The number of pyridine rings is 1. The summed E-state index contributed by atoms with van der Waals surface area (Å²) in [5, 5.41) is 10.5. The average molecular weight is 169 g/mol. The molecule has 1 aromatic carbocycles. The molecule has 0 aliphatic carbocycles. The minimum Gasteiger partial charge on any atom is -0.397 e. The normalized spacial score (nSPS) is 9.77. The maximum atomic E-state index is 8.68. The Morgan fingerprint density at radius 2 is 2.15 bits per heavy atom. The first-order valence-corrected chi connectivity index (χ1v) is 3.84. The standard InChI is InChI=1S/C10H7N3/c11-4-7-1-2-8-5-13-6-10(12)9(8)3-7/h1-3,5-6H,12H2. The molecule has 0 amide bonds. The van der Waals surface area contributed by atoms with Gasteiger partial charge in [-0.1, -0.05) is 6.07 Å². The molecule has 2 rings (SSSR count). The summed E-state index contributed by atoms with van der Waals surface area (Å²) in [6, 6.07) is 7.44. The summed E-state index contributed by atoms with van der Waals surface area (Å²) < 4.78 is 0. The van der Waals surface area contributed by atoms with Crippen molar-refractivity contribution in [2.45, 2.75) is 0 Å². The van der Waals surface area contributed by atoms with Crippen molar-refractivity contribution in [3.05, 3.63) is 36.2 Å². The number of nitrogens with zero attached hydrogens (tertiary/aromatic N) is 2. The number of rotatable bonds is 0. The number of nitrogen functional groups attached to an aromatic ring is 1. The zero-order chi connectivity index (χ0) is 9.26.